The van der Waals surface area contributed by atoms with Crippen molar-refractivity contribution in [3.8, 4) is 0 Å². The van der Waals surface area contributed by atoms with E-state index in [1.165, 1.54) is 60.7 Å². The Kier molecular flexibility index (Phi) is 4.14. The second-order valence-electron chi connectivity index (χ2n) is 5.13. The van der Waals surface area contributed by atoms with Gasteiger partial charge in [0.05, 0.1) is 0 Å². The minimum Gasteiger partial charge on any atom is -0.207 e. The summed E-state index contributed by atoms with van der Waals surface area (Å²) in [4.78, 5) is -1.59. The van der Waals surface area contributed by atoms with Gasteiger partial charge in [-0.15, -0.1) is 11.6 Å². The van der Waals surface area contributed by atoms with Crippen LogP contribution in [0.25, 0.3) is 0 Å². The molecule has 0 radical (unpaired) electrons. The molecule has 0 nitrogen and oxygen atoms in total. The first-order valence-electron chi connectivity index (χ1n) is 6.98. The van der Waals surface area contributed by atoms with E-state index in [1.54, 1.807) is 12.1 Å². The fraction of sp³-hybridized carbons (Fsp3) is 0.0526. The number of benzene rings is 3. The molecule has 0 saturated heterocycles. The summed E-state index contributed by atoms with van der Waals surface area (Å²) in [5.74, 6) is -1.57. The van der Waals surface area contributed by atoms with Crippen molar-refractivity contribution in [1.82, 2.24) is 0 Å². The lowest BCUT2D eigenvalue weighted by molar-refractivity contribution is 0.573. The van der Waals surface area contributed by atoms with Gasteiger partial charge < -0.3 is 0 Å². The lowest BCUT2D eigenvalue weighted by Crippen LogP contribution is -2.25. The molecular weight excluding hydrogens is 321 g/mol. The summed E-state index contributed by atoms with van der Waals surface area (Å²) in [6.07, 6.45) is 0. The van der Waals surface area contributed by atoms with Gasteiger partial charge in [-0.05, 0) is 29.8 Å². The fourth-order valence-electron chi connectivity index (χ4n) is 2.62. The second-order valence-corrected chi connectivity index (χ2v) is 5.69. The Morgan fingerprint density at radius 2 is 1.04 bits per heavy atom. The van der Waals surface area contributed by atoms with Crippen LogP contribution in [0, 0.1) is 17.5 Å². The SMILES string of the molecule is Fc1ccc(C(Cl)(c2ccccc2F)c2ccccc2F)cc1. The van der Waals surface area contributed by atoms with E-state index < -0.39 is 22.3 Å². The standard InChI is InChI=1S/C19H12ClF3/c20-19(13-9-11-14(21)12-10-13,15-5-1-3-7-17(15)22)16-6-2-4-8-18(16)23/h1-12H. The van der Waals surface area contributed by atoms with Crippen LogP contribution in [0.3, 0.4) is 0 Å². The van der Waals surface area contributed by atoms with Gasteiger partial charge in [0, 0.05) is 11.1 Å². The molecule has 0 aliphatic carbocycles. The summed E-state index contributed by atoms with van der Waals surface area (Å²) in [7, 11) is 0. The van der Waals surface area contributed by atoms with Gasteiger partial charge >= 0.3 is 0 Å². The smallest absolute Gasteiger partial charge is 0.128 e. The highest BCUT2D eigenvalue weighted by Crippen LogP contribution is 2.44. The zero-order valence-corrected chi connectivity index (χ0v) is 12.7. The third-order valence-electron chi connectivity index (χ3n) is 3.73. The van der Waals surface area contributed by atoms with E-state index in [9.17, 15) is 13.2 Å². The highest BCUT2D eigenvalue weighted by molar-refractivity contribution is 6.28. The van der Waals surface area contributed by atoms with Crippen molar-refractivity contribution in [3.05, 3.63) is 107 Å². The van der Waals surface area contributed by atoms with Crippen molar-refractivity contribution >= 4 is 11.6 Å². The van der Waals surface area contributed by atoms with Crippen molar-refractivity contribution in [2.45, 2.75) is 4.87 Å². The molecule has 0 N–H and O–H groups in total. The van der Waals surface area contributed by atoms with Crippen molar-refractivity contribution in [2.24, 2.45) is 0 Å². The highest BCUT2D eigenvalue weighted by atomic mass is 35.5. The molecule has 0 heterocycles. The van der Waals surface area contributed by atoms with Gasteiger partial charge in [-0.1, -0.05) is 48.5 Å². The molecule has 0 atom stereocenters. The van der Waals surface area contributed by atoms with Crippen LogP contribution in [-0.2, 0) is 4.87 Å². The van der Waals surface area contributed by atoms with Crippen molar-refractivity contribution in [2.75, 3.05) is 0 Å². The maximum absolute atomic E-state index is 14.4. The van der Waals surface area contributed by atoms with Gasteiger partial charge in [0.25, 0.3) is 0 Å². The number of alkyl halides is 1. The van der Waals surface area contributed by atoms with Gasteiger partial charge in [-0.25, -0.2) is 13.2 Å². The lowest BCUT2D eigenvalue weighted by Gasteiger charge is -2.29. The molecule has 3 aromatic carbocycles. The minimum absolute atomic E-state index is 0.110. The monoisotopic (exact) mass is 332 g/mol. The number of halogens is 4. The van der Waals surface area contributed by atoms with E-state index >= 15 is 0 Å². The van der Waals surface area contributed by atoms with Crippen LogP contribution in [0.2, 0.25) is 0 Å². The van der Waals surface area contributed by atoms with Crippen molar-refractivity contribution < 1.29 is 13.2 Å². The Labute approximate surface area is 137 Å². The third-order valence-corrected chi connectivity index (χ3v) is 4.36. The summed E-state index contributed by atoms with van der Waals surface area (Å²) < 4.78 is 42.0. The topological polar surface area (TPSA) is 0 Å². The van der Waals surface area contributed by atoms with E-state index in [4.69, 9.17) is 11.6 Å². The number of rotatable bonds is 3. The quantitative estimate of drug-likeness (QED) is 0.430. The Bertz CT molecular complexity index is 783. The van der Waals surface area contributed by atoms with Crippen LogP contribution in [0.4, 0.5) is 13.2 Å². The van der Waals surface area contributed by atoms with E-state index in [2.05, 4.69) is 0 Å². The first-order chi connectivity index (χ1) is 11.0. The molecule has 0 spiro atoms. The molecule has 0 amide bonds. The Balaban J connectivity index is 2.32. The molecule has 3 rings (SSSR count). The van der Waals surface area contributed by atoms with Gasteiger partial charge in [-0.2, -0.15) is 0 Å². The summed E-state index contributed by atoms with van der Waals surface area (Å²) in [6.45, 7) is 0. The maximum Gasteiger partial charge on any atom is 0.128 e. The molecule has 0 fully saturated rings. The molecular formula is C19H12ClF3. The number of hydrogen-bond acceptors (Lipinski definition) is 0. The molecule has 116 valence electrons. The van der Waals surface area contributed by atoms with Gasteiger partial charge in [-0.3, -0.25) is 0 Å². The van der Waals surface area contributed by atoms with Crippen molar-refractivity contribution in [1.29, 1.82) is 0 Å². The average molecular weight is 333 g/mol. The van der Waals surface area contributed by atoms with Crippen LogP contribution in [0.15, 0.2) is 72.8 Å². The van der Waals surface area contributed by atoms with Crippen LogP contribution >= 0.6 is 11.6 Å². The molecule has 0 aromatic heterocycles. The van der Waals surface area contributed by atoms with Crippen molar-refractivity contribution in [3.63, 3.8) is 0 Å². The maximum atomic E-state index is 14.4. The van der Waals surface area contributed by atoms with E-state index in [1.807, 2.05) is 0 Å². The molecule has 0 saturated carbocycles. The summed E-state index contributed by atoms with van der Waals surface area (Å²) in [5.41, 5.74) is 0.604. The molecule has 0 aliphatic rings. The van der Waals surface area contributed by atoms with Crippen LogP contribution in [0.5, 0.6) is 0 Å². The van der Waals surface area contributed by atoms with Gasteiger partial charge in [0.15, 0.2) is 0 Å². The normalized spacial score (nSPS) is 11.5. The first-order valence-corrected chi connectivity index (χ1v) is 7.36. The Hall–Kier alpha value is -2.26. The molecule has 0 bridgehead atoms. The minimum atomic E-state index is -1.59. The summed E-state index contributed by atoms with van der Waals surface area (Å²) in [6, 6.07) is 17.1. The first kappa shape index (κ1) is 15.6. The molecule has 0 aliphatic heterocycles. The molecule has 3 aromatic rings. The Morgan fingerprint density at radius 1 is 0.609 bits per heavy atom. The largest absolute Gasteiger partial charge is 0.207 e. The predicted molar refractivity (Wildman–Crippen MR) is 84.9 cm³/mol. The molecule has 0 unspecified atom stereocenters. The predicted octanol–water partition coefficient (Wildman–Crippen LogP) is 5.63. The summed E-state index contributed by atoms with van der Waals surface area (Å²) >= 11 is 6.78. The van der Waals surface area contributed by atoms with Crippen LogP contribution < -0.4 is 0 Å². The van der Waals surface area contributed by atoms with Crippen LogP contribution in [0.1, 0.15) is 16.7 Å². The fourth-order valence-corrected chi connectivity index (χ4v) is 3.05. The second kappa shape index (κ2) is 6.09. The molecule has 23 heavy (non-hydrogen) atoms. The Morgan fingerprint density at radius 3 is 1.48 bits per heavy atom. The lowest BCUT2D eigenvalue weighted by atomic mass is 9.83. The van der Waals surface area contributed by atoms with E-state index in [0.29, 0.717) is 5.56 Å². The summed E-state index contributed by atoms with van der Waals surface area (Å²) in [5, 5.41) is 0. The van der Waals surface area contributed by atoms with Gasteiger partial charge in [0.1, 0.15) is 22.3 Å². The van der Waals surface area contributed by atoms with Gasteiger partial charge in [0.2, 0.25) is 0 Å². The zero-order chi connectivity index (χ0) is 16.4. The zero-order valence-electron chi connectivity index (χ0n) is 11.9. The third kappa shape index (κ3) is 2.73. The van der Waals surface area contributed by atoms with Crippen LogP contribution in [-0.4, -0.2) is 0 Å². The average Bonchev–Trinajstić information content (AvgIpc) is 2.56. The van der Waals surface area contributed by atoms with E-state index in [-0.39, 0.29) is 11.1 Å². The van der Waals surface area contributed by atoms with E-state index in [0.717, 1.165) is 0 Å². The highest BCUT2D eigenvalue weighted by Gasteiger charge is 2.38. The molecule has 4 heteroatoms. The number of hydrogen-bond donors (Lipinski definition) is 0.